The first-order chi connectivity index (χ1) is 9.19. The molecule has 0 aromatic heterocycles. The molecule has 0 spiro atoms. The molecule has 3 N–H and O–H groups in total. The fraction of sp³-hybridized carbons (Fsp3) is 0.667. The standard InChI is InChI=1S/C9H14N4O6S/c1-5(14)11-8(10)7-3-2-6-4-12(7)9(15)13(6)19-20(16,17)18/h6-7H,2-4H2,1H3,(H2,10,11,14)(H,16,17,18). The van der Waals surface area contributed by atoms with E-state index in [1.54, 1.807) is 0 Å². The molecule has 2 atom stereocenters. The molecule has 20 heavy (non-hydrogen) atoms. The van der Waals surface area contributed by atoms with Crippen LogP contribution in [0.4, 0.5) is 4.79 Å². The number of nitrogens with zero attached hydrogens (tertiary/aromatic N) is 2. The van der Waals surface area contributed by atoms with E-state index in [9.17, 15) is 18.0 Å². The van der Waals surface area contributed by atoms with Crippen molar-refractivity contribution in [2.45, 2.75) is 31.8 Å². The van der Waals surface area contributed by atoms with Gasteiger partial charge in [-0.2, -0.15) is 13.5 Å². The zero-order valence-corrected chi connectivity index (χ0v) is 11.4. The number of carbonyl (C=O) groups is 2. The van der Waals surface area contributed by atoms with Gasteiger partial charge in [0.15, 0.2) is 0 Å². The molecule has 10 nitrogen and oxygen atoms in total. The molecule has 0 aliphatic carbocycles. The topological polar surface area (TPSA) is 140 Å². The second-order valence-corrected chi connectivity index (χ2v) is 5.61. The first kappa shape index (κ1) is 14.7. The van der Waals surface area contributed by atoms with Crippen LogP contribution in [0.5, 0.6) is 0 Å². The lowest BCUT2D eigenvalue weighted by Gasteiger charge is -2.30. The molecule has 2 aliphatic rings. The summed E-state index contributed by atoms with van der Waals surface area (Å²) in [6.07, 6.45) is 0.783. The average molecular weight is 306 g/mol. The molecule has 0 aromatic rings. The van der Waals surface area contributed by atoms with Crippen LogP contribution in [0.15, 0.2) is 0 Å². The van der Waals surface area contributed by atoms with Crippen molar-refractivity contribution in [3.05, 3.63) is 0 Å². The summed E-state index contributed by atoms with van der Waals surface area (Å²) in [5.41, 5.74) is 0. The number of piperidine rings is 1. The van der Waals surface area contributed by atoms with Crippen molar-refractivity contribution in [1.82, 2.24) is 15.3 Å². The van der Waals surface area contributed by atoms with Crippen molar-refractivity contribution in [3.63, 3.8) is 0 Å². The summed E-state index contributed by atoms with van der Waals surface area (Å²) in [6, 6.07) is -1.91. The number of hydrogen-bond acceptors (Lipinski definition) is 6. The van der Waals surface area contributed by atoms with Crippen LogP contribution >= 0.6 is 0 Å². The number of nitrogens with one attached hydrogen (secondary N) is 2. The third-order valence-electron chi connectivity index (χ3n) is 3.14. The number of fused-ring (bicyclic) bond motifs is 2. The van der Waals surface area contributed by atoms with E-state index in [1.165, 1.54) is 11.8 Å². The van der Waals surface area contributed by atoms with Crippen molar-refractivity contribution in [2.24, 2.45) is 0 Å². The molecule has 11 heteroatoms. The van der Waals surface area contributed by atoms with Crippen LogP contribution in [-0.2, 0) is 19.5 Å². The Bertz CT molecular complexity index is 561. The van der Waals surface area contributed by atoms with Crippen LogP contribution in [0.3, 0.4) is 0 Å². The van der Waals surface area contributed by atoms with Gasteiger partial charge in [0.2, 0.25) is 5.91 Å². The van der Waals surface area contributed by atoms with Crippen LogP contribution in [0.1, 0.15) is 19.8 Å². The van der Waals surface area contributed by atoms with E-state index in [2.05, 4.69) is 9.60 Å². The number of carbonyl (C=O) groups excluding carboxylic acids is 2. The van der Waals surface area contributed by atoms with Gasteiger partial charge in [0, 0.05) is 13.5 Å². The maximum absolute atomic E-state index is 12.0. The maximum Gasteiger partial charge on any atom is 0.418 e. The SMILES string of the molecule is CC(=O)NC(=N)C1CCC2CN1C(=O)N2OS(=O)(=O)O. The van der Waals surface area contributed by atoms with Crippen molar-refractivity contribution in [2.75, 3.05) is 6.54 Å². The number of rotatable bonds is 3. The highest BCUT2D eigenvalue weighted by Crippen LogP contribution is 2.30. The molecule has 2 bridgehead atoms. The van der Waals surface area contributed by atoms with Gasteiger partial charge in [0.1, 0.15) is 5.84 Å². The predicted molar refractivity (Wildman–Crippen MR) is 64.9 cm³/mol. The second-order valence-electron chi connectivity index (χ2n) is 4.60. The van der Waals surface area contributed by atoms with E-state index in [0.717, 1.165) is 0 Å². The van der Waals surface area contributed by atoms with Crippen LogP contribution in [-0.4, -0.2) is 59.3 Å². The summed E-state index contributed by atoms with van der Waals surface area (Å²) in [6.45, 7) is 1.42. The van der Waals surface area contributed by atoms with Crippen LogP contribution in [0, 0.1) is 5.41 Å². The normalized spacial score (nSPS) is 25.8. The first-order valence-corrected chi connectivity index (χ1v) is 7.18. The average Bonchev–Trinajstić information content (AvgIpc) is 2.52. The number of amidine groups is 1. The maximum atomic E-state index is 12.0. The van der Waals surface area contributed by atoms with Gasteiger partial charge in [-0.3, -0.25) is 14.8 Å². The number of amides is 3. The van der Waals surface area contributed by atoms with Crippen molar-refractivity contribution < 1.29 is 26.8 Å². The highest BCUT2D eigenvalue weighted by atomic mass is 32.3. The van der Waals surface area contributed by atoms with Gasteiger partial charge in [-0.05, 0) is 12.8 Å². The van der Waals surface area contributed by atoms with Crippen LogP contribution in [0.25, 0.3) is 0 Å². The van der Waals surface area contributed by atoms with Gasteiger partial charge in [-0.1, -0.05) is 0 Å². The third kappa shape index (κ3) is 2.89. The Morgan fingerprint density at radius 2 is 2.15 bits per heavy atom. The lowest BCUT2D eigenvalue weighted by atomic mass is 10.00. The molecule has 112 valence electrons. The Balaban J connectivity index is 2.13. The Labute approximate surface area is 115 Å². The minimum absolute atomic E-state index is 0.127. The van der Waals surface area contributed by atoms with Gasteiger partial charge in [0.25, 0.3) is 0 Å². The summed E-state index contributed by atoms with van der Waals surface area (Å²) >= 11 is 0. The van der Waals surface area contributed by atoms with E-state index in [-0.39, 0.29) is 12.4 Å². The first-order valence-electron chi connectivity index (χ1n) is 5.82. The number of urea groups is 1. The van der Waals surface area contributed by atoms with Gasteiger partial charge in [0.05, 0.1) is 12.1 Å². The molecule has 0 saturated carbocycles. The summed E-state index contributed by atoms with van der Waals surface area (Å²) in [4.78, 5) is 24.2. The Morgan fingerprint density at radius 1 is 1.50 bits per heavy atom. The summed E-state index contributed by atoms with van der Waals surface area (Å²) in [5, 5.41) is 10.6. The van der Waals surface area contributed by atoms with Gasteiger partial charge in [-0.25, -0.2) is 4.79 Å². The number of hydroxylamine groups is 2. The van der Waals surface area contributed by atoms with Gasteiger partial charge in [-0.15, -0.1) is 4.28 Å². The van der Waals surface area contributed by atoms with Crippen molar-refractivity contribution in [3.8, 4) is 0 Å². The molecular formula is C9H14N4O6S. The largest absolute Gasteiger partial charge is 0.418 e. The minimum Gasteiger partial charge on any atom is -0.313 e. The molecule has 2 heterocycles. The minimum atomic E-state index is -4.78. The molecule has 2 fully saturated rings. The quantitative estimate of drug-likeness (QED) is 0.351. The van der Waals surface area contributed by atoms with Crippen molar-refractivity contribution >= 4 is 28.2 Å². The van der Waals surface area contributed by atoms with Gasteiger partial charge >= 0.3 is 16.4 Å². The van der Waals surface area contributed by atoms with E-state index in [0.29, 0.717) is 17.9 Å². The van der Waals surface area contributed by atoms with E-state index in [1.807, 2.05) is 0 Å². The monoisotopic (exact) mass is 306 g/mol. The molecule has 2 unspecified atom stereocenters. The molecule has 0 radical (unpaired) electrons. The zero-order valence-electron chi connectivity index (χ0n) is 10.6. The summed E-state index contributed by atoms with van der Waals surface area (Å²) in [5.74, 6) is -0.548. The lowest BCUT2D eigenvalue weighted by molar-refractivity contribution is -0.117. The smallest absolute Gasteiger partial charge is 0.313 e. The molecule has 3 amide bonds. The molecule has 2 saturated heterocycles. The third-order valence-corrected chi connectivity index (χ3v) is 3.49. The molecular weight excluding hydrogens is 292 g/mol. The molecule has 2 aliphatic heterocycles. The van der Waals surface area contributed by atoms with Gasteiger partial charge < -0.3 is 10.2 Å². The van der Waals surface area contributed by atoms with Crippen LogP contribution < -0.4 is 5.32 Å². The summed E-state index contributed by atoms with van der Waals surface area (Å²) < 4.78 is 34.3. The zero-order chi connectivity index (χ0) is 15.1. The fourth-order valence-corrected chi connectivity index (χ4v) is 2.79. The lowest BCUT2D eigenvalue weighted by Crippen LogP contribution is -2.50. The highest BCUT2D eigenvalue weighted by Gasteiger charge is 2.48. The Morgan fingerprint density at radius 3 is 2.70 bits per heavy atom. The van der Waals surface area contributed by atoms with Crippen LogP contribution in [0.2, 0.25) is 0 Å². The molecule has 2 rings (SSSR count). The second kappa shape index (κ2) is 5.00. The predicted octanol–water partition coefficient (Wildman–Crippen LogP) is -0.897. The molecule has 0 aromatic carbocycles. The van der Waals surface area contributed by atoms with E-state index in [4.69, 9.17) is 9.96 Å². The Hall–Kier alpha value is -1.72. The Kier molecular flexibility index (Phi) is 3.67. The summed E-state index contributed by atoms with van der Waals surface area (Å²) in [7, 11) is -4.78. The number of hydrogen-bond donors (Lipinski definition) is 3. The van der Waals surface area contributed by atoms with Crippen molar-refractivity contribution in [1.29, 1.82) is 5.41 Å². The highest BCUT2D eigenvalue weighted by molar-refractivity contribution is 7.80. The van der Waals surface area contributed by atoms with E-state index >= 15 is 0 Å². The fourth-order valence-electron chi connectivity index (χ4n) is 2.40. The van der Waals surface area contributed by atoms with E-state index < -0.39 is 34.4 Å².